The Morgan fingerprint density at radius 1 is 0.692 bits per heavy atom. The Hall–Kier alpha value is -2.08. The maximum atomic E-state index is 14.6. The Morgan fingerprint density at radius 2 is 1.32 bits per heavy atom. The van der Waals surface area contributed by atoms with Gasteiger partial charge in [-0.15, -0.1) is 0 Å². The first-order chi connectivity index (χ1) is 36.7. The van der Waals surface area contributed by atoms with Gasteiger partial charge in [-0.25, -0.2) is 0 Å². The zero-order valence-corrected chi connectivity index (χ0v) is 46.4. The Balaban J connectivity index is 0.929. The average molecular weight is 1120 g/mol. The zero-order valence-electron chi connectivity index (χ0n) is 46.4. The summed E-state index contributed by atoms with van der Waals surface area (Å²) < 4.78 is 66.2. The van der Waals surface area contributed by atoms with Crippen LogP contribution in [0.1, 0.15) is 113 Å². The quantitative estimate of drug-likeness (QED) is 0.0709. The van der Waals surface area contributed by atoms with Crippen LogP contribution in [0.3, 0.4) is 0 Å². The lowest BCUT2D eigenvalue weighted by molar-refractivity contribution is -0.386. The van der Waals surface area contributed by atoms with Gasteiger partial charge in [-0.1, -0.05) is 53.2 Å². The van der Waals surface area contributed by atoms with E-state index in [9.17, 15) is 60.7 Å². The molecule has 4 aliphatic carbocycles. The molecule has 23 heteroatoms. The second-order valence-corrected chi connectivity index (χ2v) is 25.6. The van der Waals surface area contributed by atoms with Gasteiger partial charge in [0.05, 0.1) is 37.9 Å². The van der Waals surface area contributed by atoms with Crippen molar-refractivity contribution in [3.8, 4) is 0 Å². The molecule has 5 aliphatic heterocycles. The minimum atomic E-state index is -1.90. The van der Waals surface area contributed by atoms with E-state index in [4.69, 9.17) is 52.1 Å². The summed E-state index contributed by atoms with van der Waals surface area (Å²) in [7, 11) is 1.21. The SMILES string of the molecule is CO[C@@H]1[C@@H](O)[C@H](O[C@@H]2[C@@H](O)[C@H](O[C@@H]3CO[C@@H](O[C@H]4CC[C@]5(C)[C@@H]6CC[C@]78C(=O)O[C@@](C)(C[C@H](CC(C)C)OC(C)=O)[C@H]7CC[C@@]8(C)C6=CC[C@H]5C4(C)C)[C@H](O[C@@H]4OC[C@@H](O)[C@H](O)[C@H]4O)[C@H]3O)O[C@H](CO)[C@H]2O)O[C@H](CO)[C@H]1O. The van der Waals surface area contributed by atoms with E-state index >= 15 is 0 Å². The summed E-state index contributed by atoms with van der Waals surface area (Å²) in [4.78, 5) is 26.9. The summed E-state index contributed by atoms with van der Waals surface area (Å²) in [5.41, 5.74) is -1.37. The minimum Gasteiger partial charge on any atom is -0.462 e. The van der Waals surface area contributed by atoms with Crippen LogP contribution in [0, 0.1) is 45.3 Å². The molecule has 27 atom stereocenters. The van der Waals surface area contributed by atoms with E-state index < -0.39 is 165 Å². The molecule has 10 N–H and O–H groups in total. The summed E-state index contributed by atoms with van der Waals surface area (Å²) in [5, 5.41) is 109. The van der Waals surface area contributed by atoms with Crippen LogP contribution in [0.5, 0.6) is 0 Å². The number of aliphatic hydroxyl groups excluding tert-OH is 10. The van der Waals surface area contributed by atoms with Gasteiger partial charge in [-0.2, -0.15) is 0 Å². The molecule has 5 heterocycles. The lowest BCUT2D eigenvalue weighted by Crippen LogP contribution is -2.66. The molecule has 0 radical (unpaired) electrons. The van der Waals surface area contributed by atoms with Crippen molar-refractivity contribution >= 4 is 11.9 Å². The lowest BCUT2D eigenvalue weighted by Gasteiger charge is -2.64. The van der Waals surface area contributed by atoms with E-state index in [0.29, 0.717) is 32.1 Å². The Labute approximate surface area is 455 Å². The summed E-state index contributed by atoms with van der Waals surface area (Å²) in [5.74, 6) is -0.0288. The number of carbonyl (C=O) groups is 2. The number of rotatable bonds is 16. The van der Waals surface area contributed by atoms with Crippen molar-refractivity contribution in [1.82, 2.24) is 0 Å². The zero-order chi connectivity index (χ0) is 56.8. The highest BCUT2D eigenvalue weighted by Gasteiger charge is 2.76. The maximum Gasteiger partial charge on any atom is 0.313 e. The first kappa shape index (κ1) is 60.5. The third-order valence-electron chi connectivity index (χ3n) is 20.3. The van der Waals surface area contributed by atoms with Crippen molar-refractivity contribution < 1.29 is 113 Å². The molecule has 0 aromatic rings. The number of ether oxygens (including phenoxy) is 11. The molecule has 5 saturated heterocycles. The fraction of sp³-hybridized carbons (Fsp3) is 0.927. The van der Waals surface area contributed by atoms with E-state index in [-0.39, 0.29) is 47.1 Å². The molecule has 446 valence electrons. The number of hydrogen-bond acceptors (Lipinski definition) is 23. The third-order valence-corrected chi connectivity index (χ3v) is 20.3. The molecular formula is C55H88O23. The molecule has 0 bridgehead atoms. The molecule has 78 heavy (non-hydrogen) atoms. The fourth-order valence-electron chi connectivity index (χ4n) is 16.3. The van der Waals surface area contributed by atoms with Crippen molar-refractivity contribution in [3.05, 3.63) is 11.6 Å². The fourth-order valence-corrected chi connectivity index (χ4v) is 16.3. The van der Waals surface area contributed by atoms with Gasteiger partial charge >= 0.3 is 11.9 Å². The molecule has 0 aromatic heterocycles. The normalized spacial score (nSPS) is 50.4. The first-order valence-corrected chi connectivity index (χ1v) is 28.2. The Bertz CT molecular complexity index is 2150. The van der Waals surface area contributed by atoms with Gasteiger partial charge in [0, 0.05) is 31.8 Å². The molecule has 0 amide bonds. The van der Waals surface area contributed by atoms with E-state index in [1.165, 1.54) is 19.6 Å². The highest BCUT2D eigenvalue weighted by molar-refractivity contribution is 5.83. The van der Waals surface area contributed by atoms with E-state index in [1.54, 1.807) is 0 Å². The smallest absolute Gasteiger partial charge is 0.313 e. The van der Waals surface area contributed by atoms with Gasteiger partial charge in [-0.3, -0.25) is 9.59 Å². The van der Waals surface area contributed by atoms with Crippen molar-refractivity contribution in [2.45, 2.75) is 242 Å². The largest absolute Gasteiger partial charge is 0.462 e. The van der Waals surface area contributed by atoms with Crippen molar-refractivity contribution in [2.75, 3.05) is 33.5 Å². The predicted octanol–water partition coefficient (Wildman–Crippen LogP) is -0.155. The molecule has 8 fully saturated rings. The number of fused-ring (bicyclic) bond motifs is 4. The summed E-state index contributed by atoms with van der Waals surface area (Å²) in [6.07, 6.45) is -20.7. The van der Waals surface area contributed by atoms with Crippen molar-refractivity contribution in [2.24, 2.45) is 45.3 Å². The van der Waals surface area contributed by atoms with Gasteiger partial charge in [0.15, 0.2) is 25.2 Å². The Kier molecular flexibility index (Phi) is 17.7. The monoisotopic (exact) mass is 1120 g/mol. The third kappa shape index (κ3) is 10.2. The summed E-state index contributed by atoms with van der Waals surface area (Å²) in [6, 6.07) is 0. The molecule has 1 spiro atoms. The van der Waals surface area contributed by atoms with E-state index in [1.807, 2.05) is 6.92 Å². The maximum absolute atomic E-state index is 14.6. The van der Waals surface area contributed by atoms with Crippen LogP contribution in [-0.4, -0.2) is 225 Å². The van der Waals surface area contributed by atoms with Crippen LogP contribution in [0.25, 0.3) is 0 Å². The van der Waals surface area contributed by atoms with Gasteiger partial charge in [0.2, 0.25) is 0 Å². The number of allylic oxidation sites excluding steroid dienone is 2. The molecule has 0 aromatic carbocycles. The summed E-state index contributed by atoms with van der Waals surface area (Å²) in [6.45, 7) is 14.3. The highest BCUT2D eigenvalue weighted by atomic mass is 16.8. The second kappa shape index (κ2) is 22.8. The predicted molar refractivity (Wildman–Crippen MR) is 267 cm³/mol. The van der Waals surface area contributed by atoms with Gasteiger partial charge in [0.25, 0.3) is 0 Å². The lowest BCUT2D eigenvalue weighted by atomic mass is 9.41. The highest BCUT2D eigenvalue weighted by Crippen LogP contribution is 2.76. The number of aliphatic hydroxyl groups is 10. The van der Waals surface area contributed by atoms with Crippen LogP contribution in [0.15, 0.2) is 11.6 Å². The number of cyclic esters (lactones) is 1. The van der Waals surface area contributed by atoms with E-state index in [0.717, 1.165) is 25.7 Å². The van der Waals surface area contributed by atoms with Crippen molar-refractivity contribution in [1.29, 1.82) is 0 Å². The van der Waals surface area contributed by atoms with Gasteiger partial charge < -0.3 is 103 Å². The van der Waals surface area contributed by atoms with Gasteiger partial charge in [-0.05, 0) is 86.9 Å². The minimum absolute atomic E-state index is 0.0457. The molecule has 9 aliphatic rings. The summed E-state index contributed by atoms with van der Waals surface area (Å²) >= 11 is 0. The average Bonchev–Trinajstić information content (AvgIpc) is 2.89. The van der Waals surface area contributed by atoms with Crippen LogP contribution in [-0.2, 0) is 61.7 Å². The molecule has 9 rings (SSSR count). The standard InChI is InChI=1S/C55H88O23/c1-24(2)18-26(71-25(3)58)19-54(8)34-13-16-53(7)28-10-11-33-51(4,5)35(14-15-52(33,6)27(28)12-17-55(34,53)50(67)78-54)75-49-45(77-46-40(64)36(60)29(59)22-69-46)39(63)32(23-70-49)74-47-42(66)44(38(62)31(21-57)72-47)76-48-41(65)43(68-9)37(61)30(20-56)73-48/h10,24,26-27,29-49,56-57,59-66H,11-23H2,1-9H3/t26-,27+,29+,30+,31+,32+,33-,34+,35-,36-,37+,38+,39-,40+,41+,42+,43-,44-,45+,46-,47-,48-,49-,52+,53-,54-,55+/m0/s1. The number of methoxy groups -OCH3 is 1. The van der Waals surface area contributed by atoms with Crippen LogP contribution in [0.4, 0.5) is 0 Å². The molecular weight excluding hydrogens is 1030 g/mol. The molecule has 23 nitrogen and oxygen atoms in total. The number of hydrogen-bond donors (Lipinski definition) is 10. The van der Waals surface area contributed by atoms with Crippen LogP contribution < -0.4 is 0 Å². The first-order valence-electron chi connectivity index (χ1n) is 28.2. The molecule has 3 saturated carbocycles. The topological polar surface area (TPSA) is 338 Å². The van der Waals surface area contributed by atoms with Crippen molar-refractivity contribution in [3.63, 3.8) is 0 Å². The second-order valence-electron chi connectivity index (χ2n) is 25.6. The molecule has 0 unspecified atom stereocenters. The van der Waals surface area contributed by atoms with Crippen LogP contribution >= 0.6 is 0 Å². The number of esters is 2. The van der Waals surface area contributed by atoms with Gasteiger partial charge in [0.1, 0.15) is 97.2 Å². The van der Waals surface area contributed by atoms with E-state index in [2.05, 4.69) is 47.6 Å². The van der Waals surface area contributed by atoms with Crippen LogP contribution in [0.2, 0.25) is 0 Å². The Morgan fingerprint density at radius 3 is 1.96 bits per heavy atom. The number of carbonyl (C=O) groups excluding carboxylic acids is 2.